The van der Waals surface area contributed by atoms with Crippen molar-refractivity contribution in [3.05, 3.63) is 41.2 Å². The van der Waals surface area contributed by atoms with Gasteiger partial charge in [-0.05, 0) is 42.4 Å². The van der Waals surface area contributed by atoms with Crippen molar-refractivity contribution in [1.29, 1.82) is 0 Å². The molecule has 176 valence electrons. The molecule has 0 spiro atoms. The van der Waals surface area contributed by atoms with Crippen LogP contribution < -0.4 is 9.80 Å². The van der Waals surface area contributed by atoms with Gasteiger partial charge in [0.05, 0.1) is 28.8 Å². The standard InChI is InChI=1S/C24H31ClN6O2/c1-17(32)27(2)21-10-26-31(16-21)24(33)30-14-19-12-28(13-20(19)15-30)11-18-5-6-23(22(25)9-18)29-7-3-4-8-29/h5-6,9-10,16,19-20H,3-4,7-8,11-15H2,1-2H3. The lowest BCUT2D eigenvalue weighted by atomic mass is 10.0. The largest absolute Gasteiger partial charge is 0.370 e. The van der Waals surface area contributed by atoms with Gasteiger partial charge < -0.3 is 14.7 Å². The molecule has 3 aliphatic rings. The van der Waals surface area contributed by atoms with Gasteiger partial charge >= 0.3 is 6.03 Å². The summed E-state index contributed by atoms with van der Waals surface area (Å²) in [6.07, 6.45) is 5.66. The average molecular weight is 471 g/mol. The number of benzene rings is 1. The van der Waals surface area contributed by atoms with Crippen molar-refractivity contribution in [2.75, 3.05) is 56.1 Å². The number of likely N-dealkylation sites (tertiary alicyclic amines) is 2. The third kappa shape index (κ3) is 4.46. The van der Waals surface area contributed by atoms with Crippen LogP contribution in [0.2, 0.25) is 5.02 Å². The van der Waals surface area contributed by atoms with Crippen LogP contribution >= 0.6 is 11.6 Å². The van der Waals surface area contributed by atoms with Gasteiger partial charge in [-0.1, -0.05) is 17.7 Å². The molecule has 8 nitrogen and oxygen atoms in total. The van der Waals surface area contributed by atoms with Gasteiger partial charge in [-0.15, -0.1) is 0 Å². The summed E-state index contributed by atoms with van der Waals surface area (Å²) in [6, 6.07) is 6.37. The lowest BCUT2D eigenvalue weighted by molar-refractivity contribution is -0.116. The van der Waals surface area contributed by atoms with E-state index in [2.05, 4.69) is 33.1 Å². The summed E-state index contributed by atoms with van der Waals surface area (Å²) in [5.74, 6) is 0.858. The number of halogens is 1. The first-order valence-corrected chi connectivity index (χ1v) is 12.1. The van der Waals surface area contributed by atoms with Crippen molar-refractivity contribution in [2.45, 2.75) is 26.3 Å². The maximum Gasteiger partial charge on any atom is 0.344 e. The molecular weight excluding hydrogens is 440 g/mol. The Bertz CT molecular complexity index is 1040. The maximum atomic E-state index is 12.9. The van der Waals surface area contributed by atoms with E-state index >= 15 is 0 Å². The van der Waals surface area contributed by atoms with E-state index in [1.54, 1.807) is 19.4 Å². The predicted octanol–water partition coefficient (Wildman–Crippen LogP) is 3.15. The molecule has 1 aromatic heterocycles. The molecular formula is C24H31ClN6O2. The number of anilines is 2. The number of carbonyl (C=O) groups is 2. The molecule has 0 bridgehead atoms. The molecule has 5 rings (SSSR count). The van der Waals surface area contributed by atoms with Crippen molar-refractivity contribution in [2.24, 2.45) is 11.8 Å². The van der Waals surface area contributed by atoms with Gasteiger partial charge in [-0.25, -0.2) is 4.79 Å². The first kappa shape index (κ1) is 22.2. The second-order valence-electron chi connectivity index (χ2n) is 9.60. The Morgan fingerprint density at radius 3 is 2.45 bits per heavy atom. The van der Waals surface area contributed by atoms with Crippen LogP contribution in [0.1, 0.15) is 25.3 Å². The molecule has 2 atom stereocenters. The molecule has 3 aliphatic heterocycles. The summed E-state index contributed by atoms with van der Waals surface area (Å²) in [5, 5.41) is 5.02. The summed E-state index contributed by atoms with van der Waals surface area (Å²) in [4.78, 5) is 32.7. The molecule has 3 saturated heterocycles. The minimum absolute atomic E-state index is 0.0928. The molecule has 2 amide bonds. The summed E-state index contributed by atoms with van der Waals surface area (Å²) < 4.78 is 1.34. The molecule has 3 fully saturated rings. The fourth-order valence-corrected chi connectivity index (χ4v) is 5.74. The van der Waals surface area contributed by atoms with Gasteiger partial charge in [0.1, 0.15) is 0 Å². The summed E-state index contributed by atoms with van der Waals surface area (Å²) in [7, 11) is 1.68. The first-order valence-electron chi connectivity index (χ1n) is 11.7. The van der Waals surface area contributed by atoms with Gasteiger partial charge in [-0.2, -0.15) is 9.78 Å². The molecule has 0 saturated carbocycles. The zero-order chi connectivity index (χ0) is 23.1. The number of nitrogens with zero attached hydrogens (tertiary/aromatic N) is 6. The van der Waals surface area contributed by atoms with E-state index in [4.69, 9.17) is 11.6 Å². The van der Waals surface area contributed by atoms with E-state index in [0.717, 1.165) is 56.5 Å². The average Bonchev–Trinajstić information content (AvgIpc) is 3.56. The molecule has 33 heavy (non-hydrogen) atoms. The molecule has 0 N–H and O–H groups in total. The minimum Gasteiger partial charge on any atom is -0.370 e. The molecule has 0 aliphatic carbocycles. The number of fused-ring (bicyclic) bond motifs is 1. The number of hydrogen-bond acceptors (Lipinski definition) is 5. The van der Waals surface area contributed by atoms with Crippen LogP contribution in [0, 0.1) is 11.8 Å². The van der Waals surface area contributed by atoms with Crippen molar-refractivity contribution < 1.29 is 9.59 Å². The van der Waals surface area contributed by atoms with Gasteiger partial charge in [0.25, 0.3) is 0 Å². The van der Waals surface area contributed by atoms with Gasteiger partial charge in [-0.3, -0.25) is 9.69 Å². The van der Waals surface area contributed by atoms with Crippen LogP contribution in [-0.2, 0) is 11.3 Å². The van der Waals surface area contributed by atoms with Crippen molar-refractivity contribution in [3.8, 4) is 0 Å². The lowest BCUT2D eigenvalue weighted by Gasteiger charge is -2.23. The van der Waals surface area contributed by atoms with Crippen LogP contribution in [0.3, 0.4) is 0 Å². The van der Waals surface area contributed by atoms with Crippen molar-refractivity contribution in [1.82, 2.24) is 19.6 Å². The molecule has 0 radical (unpaired) electrons. The Labute approximate surface area is 199 Å². The van der Waals surface area contributed by atoms with Gasteiger partial charge in [0, 0.05) is 59.8 Å². The highest BCUT2D eigenvalue weighted by atomic mass is 35.5. The summed E-state index contributed by atoms with van der Waals surface area (Å²) in [5.41, 5.74) is 3.02. The highest BCUT2D eigenvalue weighted by Gasteiger charge is 2.42. The normalized spacial score (nSPS) is 22.8. The van der Waals surface area contributed by atoms with Crippen LogP contribution in [0.5, 0.6) is 0 Å². The fraction of sp³-hybridized carbons (Fsp3) is 0.542. The van der Waals surface area contributed by atoms with Gasteiger partial charge in [0.2, 0.25) is 5.91 Å². The Hall–Kier alpha value is -2.58. The van der Waals surface area contributed by atoms with Crippen molar-refractivity contribution >= 4 is 34.9 Å². The molecule has 9 heteroatoms. The van der Waals surface area contributed by atoms with E-state index in [0.29, 0.717) is 17.5 Å². The Morgan fingerprint density at radius 1 is 1.12 bits per heavy atom. The number of rotatable bonds is 4. The quantitative estimate of drug-likeness (QED) is 0.686. The number of aromatic nitrogens is 2. The SMILES string of the molecule is CC(=O)N(C)c1cnn(C(=O)N2CC3CN(Cc4ccc(N5CCCC5)c(Cl)c4)CC3C2)c1. The van der Waals surface area contributed by atoms with Crippen LogP contribution in [0.25, 0.3) is 0 Å². The summed E-state index contributed by atoms with van der Waals surface area (Å²) in [6.45, 7) is 8.02. The number of amides is 2. The Balaban J connectivity index is 1.16. The fourth-order valence-electron chi connectivity index (χ4n) is 5.41. The predicted molar refractivity (Wildman–Crippen MR) is 129 cm³/mol. The topological polar surface area (TPSA) is 64.9 Å². The van der Waals surface area contributed by atoms with Crippen LogP contribution in [0.4, 0.5) is 16.2 Å². The maximum absolute atomic E-state index is 12.9. The van der Waals surface area contributed by atoms with E-state index in [9.17, 15) is 9.59 Å². The van der Waals surface area contributed by atoms with Crippen molar-refractivity contribution in [3.63, 3.8) is 0 Å². The zero-order valence-electron chi connectivity index (χ0n) is 19.3. The molecule has 2 unspecified atom stereocenters. The third-order valence-electron chi connectivity index (χ3n) is 7.32. The lowest BCUT2D eigenvalue weighted by Crippen LogP contribution is -2.36. The summed E-state index contributed by atoms with van der Waals surface area (Å²) >= 11 is 6.61. The van der Waals surface area contributed by atoms with Crippen LogP contribution in [0.15, 0.2) is 30.6 Å². The van der Waals surface area contributed by atoms with E-state index in [1.165, 1.54) is 34.9 Å². The Morgan fingerprint density at radius 2 is 1.82 bits per heavy atom. The smallest absolute Gasteiger partial charge is 0.344 e. The number of carbonyl (C=O) groups excluding carboxylic acids is 2. The molecule has 4 heterocycles. The van der Waals surface area contributed by atoms with E-state index in [-0.39, 0.29) is 11.9 Å². The molecule has 2 aromatic rings. The minimum atomic E-state index is -0.122. The van der Waals surface area contributed by atoms with E-state index in [1.807, 2.05) is 4.90 Å². The highest BCUT2D eigenvalue weighted by molar-refractivity contribution is 6.33. The Kier molecular flexibility index (Phi) is 6.05. The highest BCUT2D eigenvalue weighted by Crippen LogP contribution is 2.34. The van der Waals surface area contributed by atoms with E-state index < -0.39 is 0 Å². The first-order chi connectivity index (χ1) is 15.9. The van der Waals surface area contributed by atoms with Gasteiger partial charge in [0.15, 0.2) is 0 Å². The van der Waals surface area contributed by atoms with Crippen LogP contribution in [-0.4, -0.2) is 77.8 Å². The zero-order valence-corrected chi connectivity index (χ0v) is 20.0. The second kappa shape index (κ2) is 8.99. The monoisotopic (exact) mass is 470 g/mol. The third-order valence-corrected chi connectivity index (χ3v) is 7.62. The number of hydrogen-bond donors (Lipinski definition) is 0. The second-order valence-corrected chi connectivity index (χ2v) is 10.0. The molecule has 1 aromatic carbocycles.